The second-order valence-electron chi connectivity index (χ2n) is 5.84. The summed E-state index contributed by atoms with van der Waals surface area (Å²) in [5.74, 6) is -1.89. The van der Waals surface area contributed by atoms with Gasteiger partial charge in [-0.2, -0.15) is 0 Å². The lowest BCUT2D eigenvalue weighted by atomic mass is 9.97. The second-order valence-corrected chi connectivity index (χ2v) is 6.71. The molecule has 3 aromatic rings. The van der Waals surface area contributed by atoms with E-state index in [-0.39, 0.29) is 0 Å². The van der Waals surface area contributed by atoms with Crippen LogP contribution >= 0.6 is 23.2 Å². The Labute approximate surface area is 167 Å². The van der Waals surface area contributed by atoms with Crippen LogP contribution in [0.1, 0.15) is 11.5 Å². The average molecular weight is 399 g/mol. The number of carbonyl (C=O) groups excluding carboxylic acids is 2. The van der Waals surface area contributed by atoms with E-state index in [1.54, 1.807) is 72.8 Å². The van der Waals surface area contributed by atoms with Crippen LogP contribution in [0.2, 0.25) is 10.0 Å². The summed E-state index contributed by atoms with van der Waals surface area (Å²) in [5.41, 5.74) is 1.71. The first kappa shape index (κ1) is 19.0. The maximum absolute atomic E-state index is 12.9. The fraction of sp³-hybridized carbons (Fsp3) is 0.0476. The third-order valence-electron chi connectivity index (χ3n) is 3.88. The van der Waals surface area contributed by atoms with Crippen molar-refractivity contribution in [1.82, 2.24) is 0 Å². The van der Waals surface area contributed by atoms with Gasteiger partial charge in [-0.05, 0) is 54.1 Å². The lowest BCUT2D eigenvalue weighted by Gasteiger charge is -2.17. The van der Waals surface area contributed by atoms with Crippen molar-refractivity contribution in [3.05, 3.63) is 94.5 Å². The third-order valence-corrected chi connectivity index (χ3v) is 4.38. The third kappa shape index (κ3) is 5.09. The maximum atomic E-state index is 12.9. The van der Waals surface area contributed by atoms with Crippen LogP contribution < -0.4 is 10.6 Å². The SMILES string of the molecule is O=C(Nc1ccc(Cl)cc1)C(C(=O)Nc1ccc(Cl)cc1)c1ccccc1. The highest BCUT2D eigenvalue weighted by molar-refractivity contribution is 6.31. The van der Waals surface area contributed by atoms with Gasteiger partial charge < -0.3 is 10.6 Å². The first-order valence-electron chi connectivity index (χ1n) is 8.21. The van der Waals surface area contributed by atoms with Crippen LogP contribution in [0.4, 0.5) is 11.4 Å². The Kier molecular flexibility index (Phi) is 6.12. The van der Waals surface area contributed by atoms with Gasteiger partial charge in [-0.25, -0.2) is 0 Å². The molecule has 6 heteroatoms. The van der Waals surface area contributed by atoms with Gasteiger partial charge in [-0.15, -0.1) is 0 Å². The van der Waals surface area contributed by atoms with Gasteiger partial charge >= 0.3 is 0 Å². The van der Waals surface area contributed by atoms with Gasteiger partial charge in [0.2, 0.25) is 11.8 Å². The number of amides is 2. The van der Waals surface area contributed by atoms with E-state index in [4.69, 9.17) is 23.2 Å². The van der Waals surface area contributed by atoms with E-state index in [2.05, 4.69) is 10.6 Å². The zero-order valence-electron chi connectivity index (χ0n) is 14.2. The molecular weight excluding hydrogens is 383 g/mol. The standard InChI is InChI=1S/C21H16Cl2N2O2/c22-15-6-10-17(11-7-15)24-20(26)19(14-4-2-1-3-5-14)21(27)25-18-12-8-16(23)9-13-18/h1-13,19H,(H,24,26)(H,25,27). The number of anilines is 2. The summed E-state index contributed by atoms with van der Waals surface area (Å²) in [6.07, 6.45) is 0. The predicted molar refractivity (Wildman–Crippen MR) is 109 cm³/mol. The van der Waals surface area contributed by atoms with Crippen LogP contribution in [0, 0.1) is 0 Å². The number of carbonyl (C=O) groups is 2. The Morgan fingerprint density at radius 2 is 1.04 bits per heavy atom. The molecule has 0 bridgehead atoms. The minimum absolute atomic E-state index is 0.435. The Bertz CT molecular complexity index is 867. The Hall–Kier alpha value is -2.82. The van der Waals surface area contributed by atoms with Crippen LogP contribution in [-0.4, -0.2) is 11.8 Å². The zero-order valence-corrected chi connectivity index (χ0v) is 15.7. The van der Waals surface area contributed by atoms with Crippen LogP contribution in [0.3, 0.4) is 0 Å². The van der Waals surface area contributed by atoms with E-state index in [0.717, 1.165) is 0 Å². The summed E-state index contributed by atoms with van der Waals surface area (Å²) >= 11 is 11.7. The number of rotatable bonds is 5. The molecule has 0 unspecified atom stereocenters. The van der Waals surface area contributed by atoms with Crippen molar-refractivity contribution in [3.63, 3.8) is 0 Å². The molecule has 4 nitrogen and oxygen atoms in total. The summed E-state index contributed by atoms with van der Waals surface area (Å²) in [6, 6.07) is 22.3. The van der Waals surface area contributed by atoms with Crippen molar-refractivity contribution >= 4 is 46.4 Å². The number of halogens is 2. The molecule has 0 fully saturated rings. The average Bonchev–Trinajstić information content (AvgIpc) is 2.66. The smallest absolute Gasteiger partial charge is 0.241 e. The molecule has 0 heterocycles. The molecule has 2 N–H and O–H groups in total. The number of hydrogen-bond acceptors (Lipinski definition) is 2. The molecular formula is C21H16Cl2N2O2. The monoisotopic (exact) mass is 398 g/mol. The lowest BCUT2D eigenvalue weighted by Crippen LogP contribution is -2.32. The summed E-state index contributed by atoms with van der Waals surface area (Å²) in [6.45, 7) is 0. The van der Waals surface area contributed by atoms with Gasteiger partial charge in [-0.3, -0.25) is 9.59 Å². The highest BCUT2D eigenvalue weighted by atomic mass is 35.5. The highest BCUT2D eigenvalue weighted by Gasteiger charge is 2.28. The maximum Gasteiger partial charge on any atom is 0.241 e. The van der Waals surface area contributed by atoms with E-state index >= 15 is 0 Å². The minimum Gasteiger partial charge on any atom is -0.325 e. The molecule has 0 aliphatic rings. The fourth-order valence-corrected chi connectivity index (χ4v) is 2.81. The van der Waals surface area contributed by atoms with Gasteiger partial charge in [0.05, 0.1) is 0 Å². The van der Waals surface area contributed by atoms with Crippen molar-refractivity contribution in [2.24, 2.45) is 0 Å². The molecule has 0 aliphatic carbocycles. The second kappa shape index (κ2) is 8.71. The minimum atomic E-state index is -1.02. The van der Waals surface area contributed by atoms with Crippen molar-refractivity contribution in [2.75, 3.05) is 10.6 Å². The quantitative estimate of drug-likeness (QED) is 0.568. The molecule has 0 spiro atoms. The zero-order chi connectivity index (χ0) is 19.2. The van der Waals surface area contributed by atoms with E-state index in [1.165, 1.54) is 0 Å². The predicted octanol–water partition coefficient (Wildman–Crippen LogP) is 5.35. The molecule has 3 rings (SSSR count). The van der Waals surface area contributed by atoms with E-state index in [9.17, 15) is 9.59 Å². The van der Waals surface area contributed by atoms with Gasteiger partial charge in [0.15, 0.2) is 0 Å². The highest BCUT2D eigenvalue weighted by Crippen LogP contribution is 2.22. The number of nitrogens with one attached hydrogen (secondary N) is 2. The summed E-state index contributed by atoms with van der Waals surface area (Å²) in [7, 11) is 0. The molecule has 0 radical (unpaired) electrons. The normalized spacial score (nSPS) is 10.5. The fourth-order valence-electron chi connectivity index (χ4n) is 2.56. The van der Waals surface area contributed by atoms with Gasteiger partial charge in [0.25, 0.3) is 0 Å². The molecule has 3 aromatic carbocycles. The van der Waals surface area contributed by atoms with E-state index < -0.39 is 17.7 Å². The van der Waals surface area contributed by atoms with Crippen molar-refractivity contribution in [2.45, 2.75) is 5.92 Å². The van der Waals surface area contributed by atoms with Crippen molar-refractivity contribution in [1.29, 1.82) is 0 Å². The van der Waals surface area contributed by atoms with Gasteiger partial charge in [0.1, 0.15) is 5.92 Å². The molecule has 136 valence electrons. The summed E-state index contributed by atoms with van der Waals surface area (Å²) in [4.78, 5) is 25.7. The van der Waals surface area contributed by atoms with Crippen molar-refractivity contribution in [3.8, 4) is 0 Å². The van der Waals surface area contributed by atoms with E-state index in [1.807, 2.05) is 6.07 Å². The Morgan fingerprint density at radius 3 is 1.44 bits per heavy atom. The van der Waals surface area contributed by atoms with Gasteiger partial charge in [-0.1, -0.05) is 53.5 Å². The lowest BCUT2D eigenvalue weighted by molar-refractivity contribution is -0.125. The van der Waals surface area contributed by atoms with Crippen LogP contribution in [0.15, 0.2) is 78.9 Å². The first-order chi connectivity index (χ1) is 13.0. The summed E-state index contributed by atoms with van der Waals surface area (Å²) < 4.78 is 0. The number of hydrogen-bond donors (Lipinski definition) is 2. The van der Waals surface area contributed by atoms with Crippen LogP contribution in [-0.2, 0) is 9.59 Å². The molecule has 0 saturated heterocycles. The topological polar surface area (TPSA) is 58.2 Å². The van der Waals surface area contributed by atoms with Gasteiger partial charge in [0, 0.05) is 21.4 Å². The molecule has 0 aliphatic heterocycles. The molecule has 27 heavy (non-hydrogen) atoms. The molecule has 0 aromatic heterocycles. The summed E-state index contributed by atoms with van der Waals surface area (Å²) in [5, 5.41) is 6.65. The Balaban J connectivity index is 1.84. The molecule has 0 saturated carbocycles. The number of benzene rings is 3. The van der Waals surface area contributed by atoms with Crippen LogP contribution in [0.5, 0.6) is 0 Å². The van der Waals surface area contributed by atoms with E-state index in [0.29, 0.717) is 27.0 Å². The Morgan fingerprint density at radius 1 is 0.630 bits per heavy atom. The molecule has 0 atom stereocenters. The van der Waals surface area contributed by atoms with Crippen molar-refractivity contribution < 1.29 is 9.59 Å². The largest absolute Gasteiger partial charge is 0.325 e. The first-order valence-corrected chi connectivity index (χ1v) is 8.96. The van der Waals surface area contributed by atoms with Crippen LogP contribution in [0.25, 0.3) is 0 Å². The molecule has 2 amide bonds.